The molecule has 5 nitrogen and oxygen atoms in total. The number of benzene rings is 2. The molecule has 3 aliphatic rings. The van der Waals surface area contributed by atoms with Gasteiger partial charge in [0.25, 0.3) is 0 Å². The van der Waals surface area contributed by atoms with Crippen LogP contribution in [-0.4, -0.2) is 33.1 Å². The molecule has 4 unspecified atom stereocenters. The number of nitriles is 1. The Morgan fingerprint density at radius 1 is 1.00 bits per heavy atom. The van der Waals surface area contributed by atoms with Crippen LogP contribution in [0.3, 0.4) is 0 Å². The maximum absolute atomic E-state index is 9.45. The summed E-state index contributed by atoms with van der Waals surface area (Å²) in [6.45, 7) is 1.39. The van der Waals surface area contributed by atoms with E-state index in [-0.39, 0.29) is 5.75 Å². The first kappa shape index (κ1) is 20.7. The third-order valence-electron chi connectivity index (χ3n) is 6.80. The lowest BCUT2D eigenvalue weighted by Gasteiger charge is -2.28. The Morgan fingerprint density at radius 3 is 2.53 bits per heavy atom. The summed E-state index contributed by atoms with van der Waals surface area (Å²) in [5.74, 6) is 0.280. The van der Waals surface area contributed by atoms with Gasteiger partial charge in [-0.1, -0.05) is 36.8 Å². The van der Waals surface area contributed by atoms with Crippen LogP contribution in [0, 0.1) is 11.3 Å². The number of nitrogens with one attached hydrogen (secondary N) is 1. The summed E-state index contributed by atoms with van der Waals surface area (Å²) in [7, 11) is 0. The molecule has 5 heteroatoms. The Labute approximate surface area is 189 Å². The van der Waals surface area contributed by atoms with Crippen LogP contribution in [0.5, 0.6) is 5.75 Å². The van der Waals surface area contributed by atoms with E-state index in [9.17, 15) is 5.11 Å². The summed E-state index contributed by atoms with van der Waals surface area (Å²) in [5, 5.41) is 21.6. The first-order chi connectivity index (χ1) is 15.7. The largest absolute Gasteiger partial charge is 0.508 e. The predicted molar refractivity (Wildman–Crippen MR) is 125 cm³/mol. The zero-order valence-electron chi connectivity index (χ0n) is 18.1. The van der Waals surface area contributed by atoms with E-state index in [4.69, 9.17) is 5.26 Å². The first-order valence-electron chi connectivity index (χ1n) is 11.4. The Balaban J connectivity index is 0.000000220. The average Bonchev–Trinajstić information content (AvgIpc) is 3.49. The zero-order chi connectivity index (χ0) is 21.9. The fourth-order valence-corrected chi connectivity index (χ4v) is 5.04. The summed E-state index contributed by atoms with van der Waals surface area (Å²) in [4.78, 5) is 7.18. The lowest BCUT2D eigenvalue weighted by atomic mass is 10.0. The molecule has 0 amide bonds. The highest BCUT2D eigenvalue weighted by Gasteiger charge is 2.61. The van der Waals surface area contributed by atoms with E-state index >= 15 is 0 Å². The van der Waals surface area contributed by atoms with Gasteiger partial charge in [-0.2, -0.15) is 5.26 Å². The molecular weight excluding hydrogens is 396 g/mol. The summed E-state index contributed by atoms with van der Waals surface area (Å²) in [6.07, 6.45) is 7.93. The maximum atomic E-state index is 9.45. The predicted octanol–water partition coefficient (Wildman–Crippen LogP) is 4.61. The van der Waals surface area contributed by atoms with E-state index in [2.05, 4.69) is 21.3 Å². The van der Waals surface area contributed by atoms with Crippen molar-refractivity contribution in [3.63, 3.8) is 0 Å². The summed E-state index contributed by atoms with van der Waals surface area (Å²) in [6, 6.07) is 24.0. The second-order valence-corrected chi connectivity index (χ2v) is 8.92. The van der Waals surface area contributed by atoms with E-state index in [1.165, 1.54) is 19.3 Å². The Morgan fingerprint density at radius 2 is 1.84 bits per heavy atom. The molecule has 6 rings (SSSR count). The molecule has 3 saturated heterocycles. The van der Waals surface area contributed by atoms with E-state index < -0.39 is 0 Å². The van der Waals surface area contributed by atoms with Gasteiger partial charge < -0.3 is 10.4 Å². The van der Waals surface area contributed by atoms with Gasteiger partial charge in [0, 0.05) is 43.0 Å². The molecule has 3 fully saturated rings. The van der Waals surface area contributed by atoms with Gasteiger partial charge in [-0.3, -0.25) is 9.88 Å². The molecule has 32 heavy (non-hydrogen) atoms. The number of fused-ring (bicyclic) bond motifs is 1. The molecule has 2 aromatic carbocycles. The molecule has 3 aromatic rings. The lowest BCUT2D eigenvalue weighted by Crippen LogP contribution is -2.33. The third-order valence-corrected chi connectivity index (χ3v) is 6.80. The molecule has 4 atom stereocenters. The number of rotatable bonds is 5. The molecule has 2 N–H and O–H groups in total. The number of aromatic hydroxyl groups is 1. The van der Waals surface area contributed by atoms with Gasteiger partial charge in [-0.05, 0) is 60.7 Å². The molecule has 4 heterocycles. The second kappa shape index (κ2) is 9.12. The van der Waals surface area contributed by atoms with E-state index in [1.807, 2.05) is 42.6 Å². The van der Waals surface area contributed by atoms with Crippen LogP contribution in [0.4, 0.5) is 0 Å². The van der Waals surface area contributed by atoms with E-state index in [0.29, 0.717) is 18.7 Å². The minimum atomic E-state index is 0.280. The quantitative estimate of drug-likeness (QED) is 0.585. The Hall–Kier alpha value is -3.20. The molecule has 162 valence electrons. The zero-order valence-corrected chi connectivity index (χ0v) is 18.1. The minimum absolute atomic E-state index is 0.280. The SMILES string of the molecule is C1CC2CC3C(C1)N23.N#Cc1ccc(-c2ccc(CNCc3cccc(O)c3)cn2)cc1. The minimum Gasteiger partial charge on any atom is -0.508 e. The van der Waals surface area contributed by atoms with Gasteiger partial charge in [-0.15, -0.1) is 0 Å². The molecule has 3 aliphatic heterocycles. The van der Waals surface area contributed by atoms with Crippen molar-refractivity contribution in [2.45, 2.75) is 56.9 Å². The van der Waals surface area contributed by atoms with Gasteiger partial charge in [0.1, 0.15) is 5.75 Å². The number of nitrogens with zero attached hydrogens (tertiary/aromatic N) is 3. The number of phenolic OH excluding ortho intramolecular Hbond substituents is 1. The van der Waals surface area contributed by atoms with Crippen molar-refractivity contribution in [2.24, 2.45) is 0 Å². The van der Waals surface area contributed by atoms with Crippen molar-refractivity contribution in [2.75, 3.05) is 0 Å². The molecule has 0 spiro atoms. The van der Waals surface area contributed by atoms with Gasteiger partial charge in [0.2, 0.25) is 0 Å². The van der Waals surface area contributed by atoms with Crippen LogP contribution in [0.25, 0.3) is 11.3 Å². The second-order valence-electron chi connectivity index (χ2n) is 8.92. The fraction of sp³-hybridized carbons (Fsp3) is 0.333. The van der Waals surface area contributed by atoms with Crippen molar-refractivity contribution in [1.29, 1.82) is 5.26 Å². The highest BCUT2D eigenvalue weighted by molar-refractivity contribution is 5.60. The van der Waals surface area contributed by atoms with Crippen LogP contribution in [0.2, 0.25) is 0 Å². The summed E-state index contributed by atoms with van der Waals surface area (Å²) < 4.78 is 0. The fourth-order valence-electron chi connectivity index (χ4n) is 5.04. The molecule has 1 aromatic heterocycles. The van der Waals surface area contributed by atoms with Crippen molar-refractivity contribution in [3.8, 4) is 23.1 Å². The molecule has 0 bridgehead atoms. The van der Waals surface area contributed by atoms with Crippen molar-refractivity contribution < 1.29 is 5.11 Å². The van der Waals surface area contributed by atoms with Gasteiger partial charge >= 0.3 is 0 Å². The number of phenols is 1. The van der Waals surface area contributed by atoms with Crippen molar-refractivity contribution >= 4 is 0 Å². The number of pyridine rings is 1. The van der Waals surface area contributed by atoms with Crippen LogP contribution in [-0.2, 0) is 13.1 Å². The normalized spacial score (nSPS) is 24.2. The van der Waals surface area contributed by atoms with Crippen molar-refractivity contribution in [1.82, 2.24) is 15.2 Å². The average molecular weight is 425 g/mol. The number of aromatic nitrogens is 1. The highest BCUT2D eigenvalue weighted by atomic mass is 16.3. The molecule has 0 aliphatic carbocycles. The summed E-state index contributed by atoms with van der Waals surface area (Å²) in [5.41, 5.74) is 4.65. The number of hydrogen-bond donors (Lipinski definition) is 2. The van der Waals surface area contributed by atoms with E-state index in [1.54, 1.807) is 30.7 Å². The van der Waals surface area contributed by atoms with Crippen LogP contribution in [0.15, 0.2) is 66.9 Å². The van der Waals surface area contributed by atoms with E-state index in [0.717, 1.165) is 40.5 Å². The van der Waals surface area contributed by atoms with Crippen LogP contribution < -0.4 is 5.32 Å². The van der Waals surface area contributed by atoms with Gasteiger partial charge in [0.05, 0.1) is 17.3 Å². The standard InChI is InChI=1S/C20H17N3O.C7H11N/c21-11-15-4-7-18(8-5-15)20-9-6-17(14-23-20)13-22-12-16-2-1-3-19(24)10-16;1-2-5-4-7-6(3-1)8(5)7/h1-10,14,22,24H,12-13H2;5-7H,1-4H2. The summed E-state index contributed by atoms with van der Waals surface area (Å²) >= 11 is 0. The Bertz CT molecular complexity index is 1090. The monoisotopic (exact) mass is 424 g/mol. The van der Waals surface area contributed by atoms with Gasteiger partial charge in [-0.25, -0.2) is 0 Å². The molecular formula is C27H28N4O. The number of piperidine rings is 1. The number of hydrogen-bond acceptors (Lipinski definition) is 5. The maximum Gasteiger partial charge on any atom is 0.115 e. The van der Waals surface area contributed by atoms with Crippen LogP contribution >= 0.6 is 0 Å². The lowest BCUT2D eigenvalue weighted by molar-refractivity contribution is 0.204. The smallest absolute Gasteiger partial charge is 0.115 e. The Kier molecular flexibility index (Phi) is 5.89. The van der Waals surface area contributed by atoms with Crippen LogP contribution in [0.1, 0.15) is 42.4 Å². The molecule has 0 saturated carbocycles. The van der Waals surface area contributed by atoms with Crippen molar-refractivity contribution in [3.05, 3.63) is 83.6 Å². The third kappa shape index (κ3) is 4.52. The highest BCUT2D eigenvalue weighted by Crippen LogP contribution is 2.53. The first-order valence-corrected chi connectivity index (χ1v) is 11.4. The van der Waals surface area contributed by atoms with Gasteiger partial charge in [0.15, 0.2) is 0 Å². The molecule has 0 radical (unpaired) electrons. The topological polar surface area (TPSA) is 72.0 Å².